The van der Waals surface area contributed by atoms with E-state index in [4.69, 9.17) is 4.74 Å². The number of azo groups is 1. The van der Waals surface area contributed by atoms with Crippen LogP contribution in [0.15, 0.2) is 10.2 Å². The number of ether oxygens (including phenoxy) is 1. The van der Waals surface area contributed by atoms with E-state index in [9.17, 15) is 0 Å². The van der Waals surface area contributed by atoms with Crippen LogP contribution in [-0.4, -0.2) is 26.8 Å². The monoisotopic (exact) mass is 114 g/mol. The molecule has 0 N–H and O–H groups in total. The maximum absolute atomic E-state index is 4.93. The summed E-state index contributed by atoms with van der Waals surface area (Å²) in [5, 5.41) is 7.47. The maximum Gasteiger partial charge on any atom is 0.0671 e. The fourth-order valence-corrected chi connectivity index (χ4v) is 0.587. The Labute approximate surface area is 48.8 Å². The molecule has 0 unspecified atom stereocenters. The highest BCUT2D eigenvalue weighted by molar-refractivity contribution is 4.65. The van der Waals surface area contributed by atoms with Crippen LogP contribution in [0.25, 0.3) is 0 Å². The van der Waals surface area contributed by atoms with Gasteiger partial charge in [0.1, 0.15) is 0 Å². The molecule has 0 aromatic heterocycles. The van der Waals surface area contributed by atoms with Crippen LogP contribution in [0.5, 0.6) is 0 Å². The van der Waals surface area contributed by atoms with Crippen molar-refractivity contribution >= 4 is 0 Å². The van der Waals surface area contributed by atoms with Crippen LogP contribution in [0.3, 0.4) is 0 Å². The lowest BCUT2D eigenvalue weighted by Gasteiger charge is -2.23. The number of hydrogen-bond donors (Lipinski definition) is 0. The van der Waals surface area contributed by atoms with Crippen LogP contribution < -0.4 is 0 Å². The Bertz CT molecular complexity index is 88.4. The lowest BCUT2D eigenvalue weighted by atomic mass is 10.1. The van der Waals surface area contributed by atoms with Gasteiger partial charge in [0, 0.05) is 13.0 Å². The van der Waals surface area contributed by atoms with Crippen molar-refractivity contribution in [2.24, 2.45) is 16.1 Å². The summed E-state index contributed by atoms with van der Waals surface area (Å²) in [4.78, 5) is 0. The summed E-state index contributed by atoms with van der Waals surface area (Å²) in [7, 11) is 1.69. The molecule has 1 aliphatic heterocycles. The quantitative estimate of drug-likeness (QED) is 0.487. The first kappa shape index (κ1) is 5.69. The van der Waals surface area contributed by atoms with Crippen molar-refractivity contribution in [1.29, 1.82) is 0 Å². The van der Waals surface area contributed by atoms with E-state index in [1.54, 1.807) is 7.05 Å². The molecule has 0 radical (unpaired) electrons. The molecule has 1 heterocycles. The van der Waals surface area contributed by atoms with Crippen LogP contribution in [0.4, 0.5) is 0 Å². The average Bonchev–Trinajstić information content (AvgIpc) is 1.63. The Balaban J connectivity index is 2.01. The van der Waals surface area contributed by atoms with Crippen LogP contribution >= 0.6 is 0 Å². The first-order chi connectivity index (χ1) is 3.93. The highest BCUT2D eigenvalue weighted by Gasteiger charge is 2.16. The molecular formula is C5H10N2O. The molecular weight excluding hydrogens is 104 g/mol. The Hall–Kier alpha value is -0.440. The predicted octanol–water partition coefficient (Wildman–Crippen LogP) is 0.715. The summed E-state index contributed by atoms with van der Waals surface area (Å²) in [6.07, 6.45) is 0. The average molecular weight is 114 g/mol. The summed E-state index contributed by atoms with van der Waals surface area (Å²) in [6, 6.07) is 0. The van der Waals surface area contributed by atoms with Crippen LogP contribution in [0.1, 0.15) is 0 Å². The third-order valence-corrected chi connectivity index (χ3v) is 1.19. The topological polar surface area (TPSA) is 34.0 Å². The number of nitrogens with zero attached hydrogens (tertiary/aromatic N) is 2. The van der Waals surface area contributed by atoms with Crippen molar-refractivity contribution in [1.82, 2.24) is 0 Å². The minimum atomic E-state index is 0.652. The van der Waals surface area contributed by atoms with Gasteiger partial charge in [-0.25, -0.2) is 0 Å². The van der Waals surface area contributed by atoms with E-state index in [1.165, 1.54) is 0 Å². The van der Waals surface area contributed by atoms with Gasteiger partial charge in [0.25, 0.3) is 0 Å². The molecule has 1 saturated heterocycles. The highest BCUT2D eigenvalue weighted by atomic mass is 16.5. The molecule has 46 valence electrons. The van der Waals surface area contributed by atoms with Crippen LogP contribution in [0.2, 0.25) is 0 Å². The number of rotatable bonds is 2. The fourth-order valence-electron chi connectivity index (χ4n) is 0.587. The first-order valence-corrected chi connectivity index (χ1v) is 2.77. The van der Waals surface area contributed by atoms with Gasteiger partial charge < -0.3 is 4.74 Å². The molecule has 0 atom stereocenters. The molecule has 0 amide bonds. The van der Waals surface area contributed by atoms with Gasteiger partial charge in [0.05, 0.1) is 19.8 Å². The van der Waals surface area contributed by atoms with E-state index in [1.807, 2.05) is 0 Å². The molecule has 1 aliphatic rings. The van der Waals surface area contributed by atoms with Gasteiger partial charge in [-0.05, 0) is 0 Å². The van der Waals surface area contributed by atoms with Crippen LogP contribution in [-0.2, 0) is 4.74 Å². The van der Waals surface area contributed by atoms with Gasteiger partial charge in [-0.1, -0.05) is 0 Å². The molecule has 1 fully saturated rings. The molecule has 0 aromatic rings. The molecule has 3 nitrogen and oxygen atoms in total. The minimum Gasteiger partial charge on any atom is -0.381 e. The smallest absolute Gasteiger partial charge is 0.0671 e. The third kappa shape index (κ3) is 1.26. The zero-order valence-corrected chi connectivity index (χ0v) is 5.00. The van der Waals surface area contributed by atoms with E-state index in [0.29, 0.717) is 5.92 Å². The second-order valence-corrected chi connectivity index (χ2v) is 1.93. The summed E-state index contributed by atoms with van der Waals surface area (Å²) in [6.45, 7) is 2.59. The van der Waals surface area contributed by atoms with Crippen LogP contribution in [0, 0.1) is 5.92 Å². The van der Waals surface area contributed by atoms with Gasteiger partial charge in [0.2, 0.25) is 0 Å². The Morgan fingerprint density at radius 1 is 1.62 bits per heavy atom. The van der Waals surface area contributed by atoms with Crippen molar-refractivity contribution in [3.05, 3.63) is 0 Å². The summed E-state index contributed by atoms with van der Waals surface area (Å²) in [5.41, 5.74) is 0. The lowest BCUT2D eigenvalue weighted by molar-refractivity contribution is -0.0272. The minimum absolute atomic E-state index is 0.652. The fraction of sp³-hybridized carbons (Fsp3) is 1.00. The lowest BCUT2D eigenvalue weighted by Crippen LogP contribution is -2.29. The molecule has 0 saturated carbocycles. The largest absolute Gasteiger partial charge is 0.381 e. The van der Waals surface area contributed by atoms with E-state index in [2.05, 4.69) is 10.2 Å². The molecule has 3 heteroatoms. The van der Waals surface area contributed by atoms with Crippen molar-refractivity contribution in [2.45, 2.75) is 0 Å². The second kappa shape index (κ2) is 2.77. The molecule has 0 aliphatic carbocycles. The Morgan fingerprint density at radius 3 is 2.75 bits per heavy atom. The zero-order chi connectivity index (χ0) is 5.82. The second-order valence-electron chi connectivity index (χ2n) is 1.93. The molecule has 0 bridgehead atoms. The Kier molecular flexibility index (Phi) is 1.97. The summed E-state index contributed by atoms with van der Waals surface area (Å²) in [5.74, 6) is 0.652. The first-order valence-electron chi connectivity index (χ1n) is 2.77. The Morgan fingerprint density at radius 2 is 2.38 bits per heavy atom. The predicted molar refractivity (Wildman–Crippen MR) is 30.0 cm³/mol. The molecule has 0 aromatic carbocycles. The van der Waals surface area contributed by atoms with Crippen molar-refractivity contribution < 1.29 is 4.74 Å². The van der Waals surface area contributed by atoms with E-state index in [-0.39, 0.29) is 0 Å². The summed E-state index contributed by atoms with van der Waals surface area (Å²) < 4.78 is 4.93. The maximum atomic E-state index is 4.93. The van der Waals surface area contributed by atoms with E-state index in [0.717, 1.165) is 19.8 Å². The SMILES string of the molecule is CN=NCC1COC1. The van der Waals surface area contributed by atoms with E-state index < -0.39 is 0 Å². The van der Waals surface area contributed by atoms with Crippen molar-refractivity contribution in [3.8, 4) is 0 Å². The zero-order valence-electron chi connectivity index (χ0n) is 5.00. The number of hydrogen-bond acceptors (Lipinski definition) is 3. The van der Waals surface area contributed by atoms with Gasteiger partial charge in [-0.2, -0.15) is 10.2 Å². The molecule has 1 rings (SSSR count). The summed E-state index contributed by atoms with van der Waals surface area (Å²) >= 11 is 0. The van der Waals surface area contributed by atoms with Crippen molar-refractivity contribution in [2.75, 3.05) is 26.8 Å². The van der Waals surface area contributed by atoms with Gasteiger partial charge >= 0.3 is 0 Å². The third-order valence-electron chi connectivity index (χ3n) is 1.19. The molecule has 0 spiro atoms. The van der Waals surface area contributed by atoms with Gasteiger partial charge in [0.15, 0.2) is 0 Å². The standard InChI is InChI=1S/C5H10N2O/c1-6-7-2-5-3-8-4-5/h5H,2-4H2,1H3. The normalized spacial score (nSPS) is 21.6. The van der Waals surface area contributed by atoms with Gasteiger partial charge in [-0.3, -0.25) is 0 Å². The van der Waals surface area contributed by atoms with Gasteiger partial charge in [-0.15, -0.1) is 0 Å². The highest BCUT2D eigenvalue weighted by Crippen LogP contribution is 2.09. The van der Waals surface area contributed by atoms with Crippen molar-refractivity contribution in [3.63, 3.8) is 0 Å². The van der Waals surface area contributed by atoms with E-state index >= 15 is 0 Å². The molecule has 8 heavy (non-hydrogen) atoms.